The second-order valence-corrected chi connectivity index (χ2v) is 5.52. The zero-order chi connectivity index (χ0) is 11.1. The fourth-order valence-electron chi connectivity index (χ4n) is 2.81. The van der Waals surface area contributed by atoms with Crippen LogP contribution in [-0.4, -0.2) is 34.5 Å². The number of carbonyl (C=O) groups excluding carboxylic acids is 1. The molecular formula is C11H22N2O. The minimum absolute atomic E-state index is 0.0333. The summed E-state index contributed by atoms with van der Waals surface area (Å²) >= 11 is 0. The van der Waals surface area contributed by atoms with Crippen molar-refractivity contribution in [3.05, 3.63) is 0 Å². The van der Waals surface area contributed by atoms with Gasteiger partial charge in [0.2, 0.25) is 5.91 Å². The molecule has 0 atom stereocenters. The monoisotopic (exact) mass is 198 g/mol. The van der Waals surface area contributed by atoms with Crippen LogP contribution in [0.1, 0.15) is 41.5 Å². The summed E-state index contributed by atoms with van der Waals surface area (Å²) < 4.78 is 0. The van der Waals surface area contributed by atoms with Gasteiger partial charge in [-0.2, -0.15) is 0 Å². The van der Waals surface area contributed by atoms with Crippen LogP contribution >= 0.6 is 0 Å². The number of amides is 1. The first-order valence-corrected chi connectivity index (χ1v) is 5.27. The lowest BCUT2D eigenvalue weighted by atomic mass is 9.86. The standard InChI is InChI=1S/C11H22N2O/c1-8(2)13-10(3,4)7-12-9(14)11(13,5)6/h8H,7H2,1-6H3,(H,12,14). The second-order valence-electron chi connectivity index (χ2n) is 5.52. The van der Waals surface area contributed by atoms with Crippen LogP contribution in [0, 0.1) is 0 Å². The van der Waals surface area contributed by atoms with Crippen LogP contribution in [-0.2, 0) is 4.79 Å². The molecule has 3 heteroatoms. The first-order valence-electron chi connectivity index (χ1n) is 5.27. The Morgan fingerprint density at radius 1 is 1.29 bits per heavy atom. The van der Waals surface area contributed by atoms with Crippen molar-refractivity contribution < 1.29 is 4.79 Å². The topological polar surface area (TPSA) is 32.3 Å². The highest BCUT2D eigenvalue weighted by Gasteiger charge is 2.47. The summed E-state index contributed by atoms with van der Waals surface area (Å²) in [5.74, 6) is 0.130. The van der Waals surface area contributed by atoms with E-state index in [0.717, 1.165) is 6.54 Å². The Morgan fingerprint density at radius 2 is 1.79 bits per heavy atom. The highest BCUT2D eigenvalue weighted by molar-refractivity contribution is 5.86. The van der Waals surface area contributed by atoms with Crippen molar-refractivity contribution in [1.29, 1.82) is 0 Å². The predicted molar refractivity (Wildman–Crippen MR) is 58.1 cm³/mol. The number of carbonyl (C=O) groups is 1. The van der Waals surface area contributed by atoms with Crippen molar-refractivity contribution in [2.45, 2.75) is 58.7 Å². The average molecular weight is 198 g/mol. The van der Waals surface area contributed by atoms with E-state index in [2.05, 4.69) is 37.9 Å². The molecule has 0 saturated carbocycles. The lowest BCUT2D eigenvalue weighted by Crippen LogP contribution is -2.71. The molecule has 1 heterocycles. The Balaban J connectivity index is 3.07. The van der Waals surface area contributed by atoms with Gasteiger partial charge in [-0.25, -0.2) is 0 Å². The lowest BCUT2D eigenvalue weighted by molar-refractivity contribution is -0.145. The molecule has 1 fully saturated rings. The molecule has 0 unspecified atom stereocenters. The largest absolute Gasteiger partial charge is 0.353 e. The van der Waals surface area contributed by atoms with E-state index in [0.29, 0.717) is 6.04 Å². The molecular weight excluding hydrogens is 176 g/mol. The van der Waals surface area contributed by atoms with Gasteiger partial charge in [0.05, 0.1) is 5.54 Å². The summed E-state index contributed by atoms with van der Waals surface area (Å²) in [6, 6.07) is 0.381. The van der Waals surface area contributed by atoms with Gasteiger partial charge in [0.15, 0.2) is 0 Å². The van der Waals surface area contributed by atoms with Crippen molar-refractivity contribution in [2.24, 2.45) is 0 Å². The van der Waals surface area contributed by atoms with E-state index < -0.39 is 5.54 Å². The van der Waals surface area contributed by atoms with Crippen LogP contribution in [0.2, 0.25) is 0 Å². The van der Waals surface area contributed by atoms with Crippen molar-refractivity contribution in [3.63, 3.8) is 0 Å². The van der Waals surface area contributed by atoms with Gasteiger partial charge in [0, 0.05) is 18.1 Å². The van der Waals surface area contributed by atoms with Crippen molar-refractivity contribution in [3.8, 4) is 0 Å². The number of hydrogen-bond acceptors (Lipinski definition) is 2. The first-order chi connectivity index (χ1) is 6.19. The summed E-state index contributed by atoms with van der Waals surface area (Å²) in [6.45, 7) is 13.3. The van der Waals surface area contributed by atoms with Gasteiger partial charge in [0.1, 0.15) is 0 Å². The van der Waals surface area contributed by atoms with E-state index in [1.54, 1.807) is 0 Å². The smallest absolute Gasteiger partial charge is 0.240 e. The number of nitrogens with one attached hydrogen (secondary N) is 1. The maximum absolute atomic E-state index is 11.8. The van der Waals surface area contributed by atoms with Crippen LogP contribution in [0.25, 0.3) is 0 Å². The first kappa shape index (κ1) is 11.5. The SMILES string of the molecule is CC(C)N1C(C)(C)CNC(=O)C1(C)C. The molecule has 1 amide bonds. The molecule has 0 bridgehead atoms. The van der Waals surface area contributed by atoms with E-state index in [9.17, 15) is 4.79 Å². The minimum Gasteiger partial charge on any atom is -0.353 e. The Morgan fingerprint density at radius 3 is 2.14 bits per heavy atom. The predicted octanol–water partition coefficient (Wildman–Crippen LogP) is 1.38. The summed E-state index contributed by atoms with van der Waals surface area (Å²) in [5, 5.41) is 2.97. The van der Waals surface area contributed by atoms with Gasteiger partial charge < -0.3 is 5.32 Å². The summed E-state index contributed by atoms with van der Waals surface area (Å²) in [6.07, 6.45) is 0. The molecule has 0 aromatic rings. The molecule has 0 radical (unpaired) electrons. The normalized spacial score (nSPS) is 26.4. The summed E-state index contributed by atoms with van der Waals surface area (Å²) in [5.41, 5.74) is -0.374. The van der Waals surface area contributed by atoms with Gasteiger partial charge in [-0.1, -0.05) is 0 Å². The van der Waals surface area contributed by atoms with Crippen molar-refractivity contribution >= 4 is 5.91 Å². The van der Waals surface area contributed by atoms with Crippen LogP contribution in [0.15, 0.2) is 0 Å². The molecule has 0 aromatic carbocycles. The Kier molecular flexibility index (Phi) is 2.65. The van der Waals surface area contributed by atoms with Crippen LogP contribution in [0.3, 0.4) is 0 Å². The third-order valence-electron chi connectivity index (χ3n) is 3.01. The van der Waals surface area contributed by atoms with Crippen molar-refractivity contribution in [2.75, 3.05) is 6.54 Å². The van der Waals surface area contributed by atoms with E-state index >= 15 is 0 Å². The van der Waals surface area contributed by atoms with Crippen LogP contribution in [0.4, 0.5) is 0 Å². The van der Waals surface area contributed by atoms with Gasteiger partial charge in [0.25, 0.3) is 0 Å². The Bertz CT molecular complexity index is 244. The molecule has 1 N–H and O–H groups in total. The highest BCUT2D eigenvalue weighted by Crippen LogP contribution is 2.31. The zero-order valence-corrected chi connectivity index (χ0v) is 10.1. The molecule has 1 aliphatic heterocycles. The number of rotatable bonds is 1. The molecule has 3 nitrogen and oxygen atoms in total. The van der Waals surface area contributed by atoms with E-state index in [-0.39, 0.29) is 11.4 Å². The Labute approximate surface area is 86.9 Å². The molecule has 0 aromatic heterocycles. The summed E-state index contributed by atoms with van der Waals surface area (Å²) in [4.78, 5) is 14.1. The molecule has 82 valence electrons. The zero-order valence-electron chi connectivity index (χ0n) is 10.1. The molecule has 0 aliphatic carbocycles. The fourth-order valence-corrected chi connectivity index (χ4v) is 2.81. The maximum atomic E-state index is 11.8. The highest BCUT2D eigenvalue weighted by atomic mass is 16.2. The van der Waals surface area contributed by atoms with Gasteiger partial charge in [-0.05, 0) is 41.5 Å². The third kappa shape index (κ3) is 1.65. The van der Waals surface area contributed by atoms with E-state index in [1.807, 2.05) is 13.8 Å². The van der Waals surface area contributed by atoms with E-state index in [4.69, 9.17) is 0 Å². The molecule has 1 aliphatic rings. The van der Waals surface area contributed by atoms with Gasteiger partial charge in [-0.15, -0.1) is 0 Å². The third-order valence-corrected chi connectivity index (χ3v) is 3.01. The maximum Gasteiger partial charge on any atom is 0.240 e. The van der Waals surface area contributed by atoms with Crippen LogP contribution in [0.5, 0.6) is 0 Å². The lowest BCUT2D eigenvalue weighted by Gasteiger charge is -2.53. The van der Waals surface area contributed by atoms with Gasteiger partial charge in [-0.3, -0.25) is 9.69 Å². The van der Waals surface area contributed by atoms with Crippen LogP contribution < -0.4 is 5.32 Å². The molecule has 1 rings (SSSR count). The summed E-state index contributed by atoms with van der Waals surface area (Å²) in [7, 11) is 0. The number of nitrogens with zero attached hydrogens (tertiary/aromatic N) is 1. The minimum atomic E-state index is -0.407. The van der Waals surface area contributed by atoms with E-state index in [1.165, 1.54) is 0 Å². The number of piperazine rings is 1. The molecule has 0 spiro atoms. The van der Waals surface area contributed by atoms with Crippen molar-refractivity contribution in [1.82, 2.24) is 10.2 Å². The Hall–Kier alpha value is -0.570. The quantitative estimate of drug-likeness (QED) is 0.690. The molecule has 1 saturated heterocycles. The second kappa shape index (κ2) is 3.23. The molecule has 14 heavy (non-hydrogen) atoms. The average Bonchev–Trinajstić information content (AvgIpc) is 1.95. The van der Waals surface area contributed by atoms with Gasteiger partial charge >= 0.3 is 0 Å². The number of hydrogen-bond donors (Lipinski definition) is 1. The fraction of sp³-hybridized carbons (Fsp3) is 0.909.